The van der Waals surface area contributed by atoms with E-state index in [1.165, 1.54) is 0 Å². The normalized spacial score (nSPS) is 10.9. The van der Waals surface area contributed by atoms with Gasteiger partial charge in [0.1, 0.15) is 5.82 Å². The summed E-state index contributed by atoms with van der Waals surface area (Å²) in [6.45, 7) is 1.69. The van der Waals surface area contributed by atoms with Crippen LogP contribution in [0.1, 0.15) is 24.8 Å². The Bertz CT molecular complexity index is 556. The number of hydrogen-bond donors (Lipinski definition) is 2. The number of anilines is 1. The van der Waals surface area contributed by atoms with E-state index in [-0.39, 0.29) is 6.61 Å². The summed E-state index contributed by atoms with van der Waals surface area (Å²) >= 11 is 0. The fourth-order valence-electron chi connectivity index (χ4n) is 2.37. The Morgan fingerprint density at radius 1 is 1.20 bits per heavy atom. The Morgan fingerprint density at radius 2 is 2.00 bits per heavy atom. The Kier molecular flexibility index (Phi) is 5.32. The van der Waals surface area contributed by atoms with Gasteiger partial charge in [0.2, 0.25) is 0 Å². The highest BCUT2D eigenvalue weighted by molar-refractivity contribution is 5.81. The summed E-state index contributed by atoms with van der Waals surface area (Å²) in [4.78, 5) is 6.90. The van der Waals surface area contributed by atoms with E-state index in [0.717, 1.165) is 48.1 Å². The summed E-state index contributed by atoms with van der Waals surface area (Å²) in [5, 5.41) is 9.94. The smallest absolute Gasteiger partial charge is 0.133 e. The predicted molar refractivity (Wildman–Crippen MR) is 83.8 cm³/mol. The summed E-state index contributed by atoms with van der Waals surface area (Å²) in [6.07, 6.45) is 2.95. The van der Waals surface area contributed by atoms with E-state index < -0.39 is 0 Å². The third-order valence-electron chi connectivity index (χ3n) is 3.51. The van der Waals surface area contributed by atoms with Crippen LogP contribution in [0.15, 0.2) is 30.3 Å². The Hall–Kier alpha value is -1.65. The van der Waals surface area contributed by atoms with Gasteiger partial charge < -0.3 is 15.7 Å². The van der Waals surface area contributed by atoms with Gasteiger partial charge in [-0.15, -0.1) is 0 Å². The molecule has 0 fully saturated rings. The predicted octanol–water partition coefficient (Wildman–Crippen LogP) is 2.29. The van der Waals surface area contributed by atoms with Crippen LogP contribution in [-0.2, 0) is 6.54 Å². The first-order valence-corrected chi connectivity index (χ1v) is 7.17. The Morgan fingerprint density at radius 3 is 2.75 bits per heavy atom. The van der Waals surface area contributed by atoms with E-state index in [0.29, 0.717) is 6.54 Å². The van der Waals surface area contributed by atoms with Gasteiger partial charge >= 0.3 is 0 Å². The lowest BCUT2D eigenvalue weighted by Gasteiger charge is -2.21. The molecule has 0 spiro atoms. The van der Waals surface area contributed by atoms with Crippen LogP contribution in [0.3, 0.4) is 0 Å². The van der Waals surface area contributed by atoms with Crippen molar-refractivity contribution in [2.75, 3.05) is 25.1 Å². The Balaban J connectivity index is 2.18. The van der Waals surface area contributed by atoms with E-state index in [1.54, 1.807) is 0 Å². The standard InChI is InChI=1S/C16H23N3O/c1-19(9-5-2-6-10-20)16-14(12-17)11-13-7-3-4-8-15(13)18-16/h3-4,7-8,11,20H,2,5-6,9-10,12,17H2,1H3. The number of benzene rings is 1. The van der Waals surface area contributed by atoms with Crippen LogP contribution >= 0.6 is 0 Å². The summed E-state index contributed by atoms with van der Waals surface area (Å²) in [6, 6.07) is 10.2. The second kappa shape index (κ2) is 7.22. The first kappa shape index (κ1) is 14.8. The van der Waals surface area contributed by atoms with Crippen LogP contribution < -0.4 is 10.6 Å². The highest BCUT2D eigenvalue weighted by atomic mass is 16.2. The van der Waals surface area contributed by atoms with Gasteiger partial charge in [0.25, 0.3) is 0 Å². The molecule has 0 amide bonds. The first-order chi connectivity index (χ1) is 9.76. The number of aliphatic hydroxyl groups is 1. The minimum atomic E-state index is 0.270. The maximum absolute atomic E-state index is 8.81. The fourth-order valence-corrected chi connectivity index (χ4v) is 2.37. The first-order valence-electron chi connectivity index (χ1n) is 7.17. The van der Waals surface area contributed by atoms with Crippen molar-refractivity contribution in [1.29, 1.82) is 0 Å². The molecule has 2 rings (SSSR count). The van der Waals surface area contributed by atoms with E-state index in [1.807, 2.05) is 18.2 Å². The van der Waals surface area contributed by atoms with Crippen molar-refractivity contribution in [2.45, 2.75) is 25.8 Å². The minimum absolute atomic E-state index is 0.270. The zero-order chi connectivity index (χ0) is 14.4. The number of nitrogens with zero attached hydrogens (tertiary/aromatic N) is 2. The molecular formula is C16H23N3O. The molecule has 3 N–H and O–H groups in total. The van der Waals surface area contributed by atoms with Crippen LogP contribution in [0.25, 0.3) is 10.9 Å². The number of rotatable bonds is 7. The zero-order valence-electron chi connectivity index (χ0n) is 12.0. The highest BCUT2D eigenvalue weighted by Crippen LogP contribution is 2.22. The van der Waals surface area contributed by atoms with Crippen molar-refractivity contribution in [3.63, 3.8) is 0 Å². The lowest BCUT2D eigenvalue weighted by Crippen LogP contribution is -2.22. The van der Waals surface area contributed by atoms with Crippen LogP contribution in [0, 0.1) is 0 Å². The van der Waals surface area contributed by atoms with Crippen LogP contribution in [-0.4, -0.2) is 30.3 Å². The molecule has 0 radical (unpaired) electrons. The maximum atomic E-state index is 8.81. The van der Waals surface area contributed by atoms with Crippen LogP contribution in [0.4, 0.5) is 5.82 Å². The fraction of sp³-hybridized carbons (Fsp3) is 0.438. The van der Waals surface area contributed by atoms with Gasteiger partial charge in [-0.1, -0.05) is 18.2 Å². The second-order valence-corrected chi connectivity index (χ2v) is 5.07. The molecule has 0 saturated heterocycles. The van der Waals surface area contributed by atoms with Gasteiger partial charge in [0, 0.05) is 37.7 Å². The van der Waals surface area contributed by atoms with Crippen molar-refractivity contribution in [2.24, 2.45) is 5.73 Å². The molecule has 0 unspecified atom stereocenters. The SMILES string of the molecule is CN(CCCCCO)c1nc2ccccc2cc1CN. The lowest BCUT2D eigenvalue weighted by molar-refractivity contribution is 0.283. The molecule has 0 aliphatic carbocycles. The van der Waals surface area contributed by atoms with Gasteiger partial charge in [-0.3, -0.25) is 0 Å². The number of hydrogen-bond acceptors (Lipinski definition) is 4. The minimum Gasteiger partial charge on any atom is -0.396 e. The van der Waals surface area contributed by atoms with E-state index in [2.05, 4.69) is 24.1 Å². The van der Waals surface area contributed by atoms with Gasteiger partial charge in [0.15, 0.2) is 0 Å². The van der Waals surface area contributed by atoms with Crippen molar-refractivity contribution < 1.29 is 5.11 Å². The molecule has 1 aromatic carbocycles. The topological polar surface area (TPSA) is 62.4 Å². The van der Waals surface area contributed by atoms with Gasteiger partial charge in [-0.2, -0.15) is 0 Å². The van der Waals surface area contributed by atoms with Crippen molar-refractivity contribution in [1.82, 2.24) is 4.98 Å². The van der Waals surface area contributed by atoms with E-state index in [9.17, 15) is 0 Å². The third kappa shape index (κ3) is 3.46. The highest BCUT2D eigenvalue weighted by Gasteiger charge is 2.10. The third-order valence-corrected chi connectivity index (χ3v) is 3.51. The van der Waals surface area contributed by atoms with Gasteiger partial charge in [0.05, 0.1) is 5.52 Å². The van der Waals surface area contributed by atoms with E-state index in [4.69, 9.17) is 15.8 Å². The number of aliphatic hydroxyl groups excluding tert-OH is 1. The number of aromatic nitrogens is 1. The molecule has 0 bridgehead atoms. The molecule has 2 aromatic rings. The Labute approximate surface area is 120 Å². The average molecular weight is 273 g/mol. The number of pyridine rings is 1. The largest absolute Gasteiger partial charge is 0.396 e. The van der Waals surface area contributed by atoms with Crippen molar-refractivity contribution in [3.05, 3.63) is 35.9 Å². The molecule has 0 aliphatic rings. The summed E-state index contributed by atoms with van der Waals surface area (Å²) in [5.74, 6) is 0.968. The quantitative estimate of drug-likeness (QED) is 0.760. The van der Waals surface area contributed by atoms with Crippen molar-refractivity contribution >= 4 is 16.7 Å². The lowest BCUT2D eigenvalue weighted by atomic mass is 10.1. The zero-order valence-corrected chi connectivity index (χ0v) is 12.0. The van der Waals surface area contributed by atoms with Crippen LogP contribution in [0.2, 0.25) is 0 Å². The molecular weight excluding hydrogens is 250 g/mol. The molecule has 4 nitrogen and oxygen atoms in total. The average Bonchev–Trinajstić information content (AvgIpc) is 2.50. The van der Waals surface area contributed by atoms with Gasteiger partial charge in [-0.05, 0) is 31.4 Å². The summed E-state index contributed by atoms with van der Waals surface area (Å²) < 4.78 is 0. The van der Waals surface area contributed by atoms with Crippen molar-refractivity contribution in [3.8, 4) is 0 Å². The monoisotopic (exact) mass is 273 g/mol. The van der Waals surface area contributed by atoms with E-state index >= 15 is 0 Å². The molecule has 0 aliphatic heterocycles. The molecule has 4 heteroatoms. The molecule has 1 aromatic heterocycles. The number of fused-ring (bicyclic) bond motifs is 1. The summed E-state index contributed by atoms with van der Waals surface area (Å²) in [5.41, 5.74) is 7.94. The number of unbranched alkanes of at least 4 members (excludes halogenated alkanes) is 2. The molecule has 20 heavy (non-hydrogen) atoms. The maximum Gasteiger partial charge on any atom is 0.133 e. The second-order valence-electron chi connectivity index (χ2n) is 5.07. The molecule has 0 atom stereocenters. The van der Waals surface area contributed by atoms with Gasteiger partial charge in [-0.25, -0.2) is 4.98 Å². The molecule has 108 valence electrons. The summed E-state index contributed by atoms with van der Waals surface area (Å²) in [7, 11) is 2.05. The number of para-hydroxylation sites is 1. The van der Waals surface area contributed by atoms with Crippen LogP contribution in [0.5, 0.6) is 0 Å². The molecule has 0 saturated carbocycles. The molecule has 1 heterocycles. The number of nitrogens with two attached hydrogens (primary N) is 1.